The van der Waals surface area contributed by atoms with Crippen molar-refractivity contribution in [2.24, 2.45) is 0 Å². The molecule has 0 saturated heterocycles. The average Bonchev–Trinajstić information content (AvgIpc) is 2.59. The molecule has 29 heavy (non-hydrogen) atoms. The van der Waals surface area contributed by atoms with Crippen LogP contribution in [0.5, 0.6) is 17.2 Å². The summed E-state index contributed by atoms with van der Waals surface area (Å²) in [5.41, 5.74) is 2.17. The van der Waals surface area contributed by atoms with Crippen molar-refractivity contribution in [3.63, 3.8) is 0 Å². The minimum absolute atomic E-state index is 0.0458. The van der Waals surface area contributed by atoms with Crippen LogP contribution >= 0.6 is 0 Å². The summed E-state index contributed by atoms with van der Waals surface area (Å²) in [6, 6.07) is 11.1. The van der Waals surface area contributed by atoms with Crippen molar-refractivity contribution in [3.8, 4) is 17.2 Å². The van der Waals surface area contributed by atoms with Gasteiger partial charge in [-0.3, -0.25) is 4.79 Å². The maximum Gasteiger partial charge on any atom is 0.197 e. The summed E-state index contributed by atoms with van der Waals surface area (Å²) < 4.78 is 17.6. The summed E-state index contributed by atoms with van der Waals surface area (Å²) in [7, 11) is 0. The van der Waals surface area contributed by atoms with Crippen LogP contribution in [0.4, 0.5) is 0 Å². The van der Waals surface area contributed by atoms with Crippen LogP contribution in [-0.4, -0.2) is 24.1 Å². The topological polar surface area (TPSA) is 44.8 Å². The molecule has 0 heterocycles. The van der Waals surface area contributed by atoms with Crippen LogP contribution in [0.3, 0.4) is 0 Å². The Morgan fingerprint density at radius 1 is 0.655 bits per heavy atom. The molecule has 0 spiro atoms. The highest BCUT2D eigenvalue weighted by atomic mass is 16.5. The van der Waals surface area contributed by atoms with Gasteiger partial charge in [-0.1, -0.05) is 13.8 Å². The first-order valence-electron chi connectivity index (χ1n) is 10.4. The van der Waals surface area contributed by atoms with Crippen molar-refractivity contribution in [2.75, 3.05) is 0 Å². The first-order chi connectivity index (χ1) is 13.6. The molecule has 0 atom stereocenters. The zero-order valence-corrected chi connectivity index (χ0v) is 18.9. The fourth-order valence-corrected chi connectivity index (χ4v) is 3.10. The van der Waals surface area contributed by atoms with E-state index in [0.29, 0.717) is 22.6 Å². The summed E-state index contributed by atoms with van der Waals surface area (Å²) in [4.78, 5) is 13.5. The lowest BCUT2D eigenvalue weighted by Crippen LogP contribution is -2.14. The van der Waals surface area contributed by atoms with Crippen LogP contribution in [0.2, 0.25) is 0 Å². The van der Waals surface area contributed by atoms with E-state index in [9.17, 15) is 4.79 Å². The number of ketones is 1. The van der Waals surface area contributed by atoms with Crippen LogP contribution in [-0.2, 0) is 0 Å². The Bertz CT molecular complexity index is 835. The molecule has 0 aromatic heterocycles. The minimum Gasteiger partial charge on any atom is -0.491 e. The number of carbonyl (C=O) groups excluding carboxylic acids is 1. The van der Waals surface area contributed by atoms with E-state index in [-0.39, 0.29) is 30.0 Å². The first-order valence-corrected chi connectivity index (χ1v) is 10.4. The lowest BCUT2D eigenvalue weighted by molar-refractivity contribution is 0.103. The molecule has 2 aromatic carbocycles. The molecule has 0 saturated carbocycles. The summed E-state index contributed by atoms with van der Waals surface area (Å²) in [5, 5.41) is 0. The van der Waals surface area contributed by atoms with Gasteiger partial charge in [0, 0.05) is 11.6 Å². The fourth-order valence-electron chi connectivity index (χ4n) is 3.10. The van der Waals surface area contributed by atoms with Crippen LogP contribution in [0.15, 0.2) is 36.4 Å². The summed E-state index contributed by atoms with van der Waals surface area (Å²) >= 11 is 0. The number of ether oxygens (including phenoxy) is 3. The minimum atomic E-state index is -0.0588. The second-order valence-electron chi connectivity index (χ2n) is 8.39. The molecule has 0 fully saturated rings. The van der Waals surface area contributed by atoms with Gasteiger partial charge in [0.15, 0.2) is 5.78 Å². The van der Waals surface area contributed by atoms with Crippen molar-refractivity contribution >= 4 is 5.78 Å². The van der Waals surface area contributed by atoms with Crippen LogP contribution in [0.1, 0.15) is 82.8 Å². The Balaban J connectivity index is 2.49. The largest absolute Gasteiger partial charge is 0.491 e. The van der Waals surface area contributed by atoms with Crippen LogP contribution in [0, 0.1) is 0 Å². The summed E-state index contributed by atoms with van der Waals surface area (Å²) in [6.45, 7) is 16.0. The standard InChI is InChI=1S/C25H34O4/c1-15(2)23-13-19(27-16(3)4)9-11-21(23)25(26)22-12-10-20(28-17(5)6)14-24(22)29-18(7)8/h9-18H,1-8H3. The first kappa shape index (κ1) is 22.8. The Morgan fingerprint density at radius 2 is 1.14 bits per heavy atom. The van der Waals surface area contributed by atoms with E-state index in [2.05, 4.69) is 13.8 Å². The van der Waals surface area contributed by atoms with E-state index in [1.807, 2.05) is 65.8 Å². The van der Waals surface area contributed by atoms with E-state index in [1.165, 1.54) is 0 Å². The highest BCUT2D eigenvalue weighted by Crippen LogP contribution is 2.32. The molecule has 4 heteroatoms. The molecule has 0 aliphatic rings. The Labute approximate surface area is 175 Å². The van der Waals surface area contributed by atoms with E-state index >= 15 is 0 Å². The van der Waals surface area contributed by atoms with E-state index in [1.54, 1.807) is 12.1 Å². The Morgan fingerprint density at radius 3 is 1.62 bits per heavy atom. The van der Waals surface area contributed by atoms with Crippen LogP contribution in [0.25, 0.3) is 0 Å². The molecule has 2 rings (SSSR count). The van der Waals surface area contributed by atoms with Gasteiger partial charge >= 0.3 is 0 Å². The number of hydrogen-bond donors (Lipinski definition) is 0. The predicted molar refractivity (Wildman–Crippen MR) is 118 cm³/mol. The fraction of sp³-hybridized carbons (Fsp3) is 0.480. The molecular formula is C25H34O4. The van der Waals surface area contributed by atoms with Crippen molar-refractivity contribution in [3.05, 3.63) is 53.1 Å². The monoisotopic (exact) mass is 398 g/mol. The van der Waals surface area contributed by atoms with Crippen LogP contribution < -0.4 is 14.2 Å². The SMILES string of the molecule is CC(C)Oc1ccc(C(=O)c2ccc(OC(C)C)cc2C(C)C)c(OC(C)C)c1. The Hall–Kier alpha value is -2.49. The highest BCUT2D eigenvalue weighted by Gasteiger charge is 2.21. The predicted octanol–water partition coefficient (Wildman–Crippen LogP) is 6.40. The van der Waals surface area contributed by atoms with Gasteiger partial charge in [-0.05, 0) is 83.4 Å². The van der Waals surface area contributed by atoms with Crippen molar-refractivity contribution in [2.45, 2.75) is 79.6 Å². The lowest BCUT2D eigenvalue weighted by atomic mass is 9.91. The van der Waals surface area contributed by atoms with Crippen molar-refractivity contribution in [1.82, 2.24) is 0 Å². The number of benzene rings is 2. The molecule has 0 bridgehead atoms. The van der Waals surface area contributed by atoms with E-state index in [4.69, 9.17) is 14.2 Å². The van der Waals surface area contributed by atoms with E-state index in [0.717, 1.165) is 11.3 Å². The third-order valence-electron chi connectivity index (χ3n) is 4.19. The average molecular weight is 399 g/mol. The maximum atomic E-state index is 13.5. The van der Waals surface area contributed by atoms with Gasteiger partial charge in [-0.2, -0.15) is 0 Å². The quantitative estimate of drug-likeness (QED) is 0.458. The zero-order chi connectivity index (χ0) is 21.7. The molecular weight excluding hydrogens is 364 g/mol. The van der Waals surface area contributed by atoms with Crippen molar-refractivity contribution < 1.29 is 19.0 Å². The van der Waals surface area contributed by atoms with Gasteiger partial charge in [0.2, 0.25) is 0 Å². The zero-order valence-electron chi connectivity index (χ0n) is 18.9. The molecule has 0 aliphatic heterocycles. The second kappa shape index (κ2) is 9.82. The van der Waals surface area contributed by atoms with Gasteiger partial charge in [0.1, 0.15) is 17.2 Å². The molecule has 4 nitrogen and oxygen atoms in total. The summed E-state index contributed by atoms with van der Waals surface area (Å²) in [6.07, 6.45) is 0.0721. The molecule has 158 valence electrons. The number of hydrogen-bond acceptors (Lipinski definition) is 4. The van der Waals surface area contributed by atoms with Gasteiger partial charge in [-0.15, -0.1) is 0 Å². The molecule has 0 amide bonds. The third-order valence-corrected chi connectivity index (χ3v) is 4.19. The van der Waals surface area contributed by atoms with Gasteiger partial charge in [0.25, 0.3) is 0 Å². The highest BCUT2D eigenvalue weighted by molar-refractivity contribution is 6.11. The molecule has 0 aliphatic carbocycles. The smallest absolute Gasteiger partial charge is 0.197 e. The van der Waals surface area contributed by atoms with E-state index < -0.39 is 0 Å². The number of carbonyl (C=O) groups is 1. The van der Waals surface area contributed by atoms with Gasteiger partial charge < -0.3 is 14.2 Å². The number of rotatable bonds is 9. The molecule has 0 unspecified atom stereocenters. The van der Waals surface area contributed by atoms with Gasteiger partial charge in [0.05, 0.1) is 23.9 Å². The van der Waals surface area contributed by atoms with Gasteiger partial charge in [-0.25, -0.2) is 0 Å². The lowest BCUT2D eigenvalue weighted by Gasteiger charge is -2.19. The normalized spacial score (nSPS) is 11.4. The third kappa shape index (κ3) is 6.25. The molecule has 0 N–H and O–H groups in total. The Kier molecular flexibility index (Phi) is 7.72. The molecule has 2 aromatic rings. The van der Waals surface area contributed by atoms with Crippen molar-refractivity contribution in [1.29, 1.82) is 0 Å². The maximum absolute atomic E-state index is 13.5. The molecule has 0 radical (unpaired) electrons. The summed E-state index contributed by atoms with van der Waals surface area (Å²) in [5.74, 6) is 2.14. The second-order valence-corrected chi connectivity index (χ2v) is 8.39.